The van der Waals surface area contributed by atoms with Crippen LogP contribution in [0.25, 0.3) is 0 Å². The number of carbonyl (C=O) groups is 1. The van der Waals surface area contributed by atoms with Gasteiger partial charge in [0.1, 0.15) is 5.75 Å². The van der Waals surface area contributed by atoms with E-state index < -0.39 is 6.61 Å². The van der Waals surface area contributed by atoms with Crippen molar-refractivity contribution in [1.29, 1.82) is 0 Å². The quantitative estimate of drug-likeness (QED) is 0.804. The summed E-state index contributed by atoms with van der Waals surface area (Å²) in [5.74, 6) is -0.371. The Hall–Kier alpha value is -1.82. The molecule has 0 amide bonds. The summed E-state index contributed by atoms with van der Waals surface area (Å²) < 4.78 is 29.0. The maximum absolute atomic E-state index is 12.2. The summed E-state index contributed by atoms with van der Waals surface area (Å²) in [6, 6.07) is 7.48. The van der Waals surface area contributed by atoms with Crippen LogP contribution in [0.15, 0.2) is 47.2 Å². The van der Waals surface area contributed by atoms with E-state index in [1.54, 1.807) is 12.1 Å². The Kier molecular flexibility index (Phi) is 4.21. The monoisotopic (exact) mass is 327 g/mol. The third-order valence-corrected chi connectivity index (χ3v) is 3.18. The smallest absolute Gasteiger partial charge is 0.387 e. The number of halogens is 3. The molecule has 0 aliphatic rings. The average Bonchev–Trinajstić information content (AvgIpc) is 2.41. The number of nitrogens with zero attached hydrogens (tertiary/aromatic N) is 1. The third-order valence-electron chi connectivity index (χ3n) is 2.37. The van der Waals surface area contributed by atoms with Gasteiger partial charge in [0.2, 0.25) is 0 Å². The molecule has 0 radical (unpaired) electrons. The molecule has 1 aromatic carbocycles. The summed E-state index contributed by atoms with van der Waals surface area (Å²) in [5.41, 5.74) is 0.675. The second kappa shape index (κ2) is 5.88. The van der Waals surface area contributed by atoms with E-state index in [9.17, 15) is 13.6 Å². The molecule has 1 aromatic heterocycles. The molecule has 2 aromatic rings. The van der Waals surface area contributed by atoms with Crippen LogP contribution in [0.2, 0.25) is 0 Å². The van der Waals surface area contributed by atoms with Gasteiger partial charge in [0.15, 0.2) is 5.78 Å². The molecule has 0 saturated heterocycles. The van der Waals surface area contributed by atoms with Gasteiger partial charge in [-0.05, 0) is 40.2 Å². The number of carbonyl (C=O) groups excluding carboxylic acids is 1. The summed E-state index contributed by atoms with van der Waals surface area (Å²) in [7, 11) is 0. The highest BCUT2D eigenvalue weighted by Crippen LogP contribution is 2.31. The first-order valence-electron chi connectivity index (χ1n) is 5.27. The zero-order valence-electron chi connectivity index (χ0n) is 9.52. The van der Waals surface area contributed by atoms with Crippen molar-refractivity contribution < 1.29 is 18.3 Å². The summed E-state index contributed by atoms with van der Waals surface area (Å²) in [6.07, 6.45) is 2.97. The SMILES string of the molecule is O=C(c1ccncc1)c1cccc(OC(F)F)c1Br. The molecule has 0 aliphatic heterocycles. The van der Waals surface area contributed by atoms with Crippen LogP contribution in [0.3, 0.4) is 0 Å². The van der Waals surface area contributed by atoms with Crippen molar-refractivity contribution in [3.63, 3.8) is 0 Å². The Morgan fingerprint density at radius 2 is 1.89 bits per heavy atom. The standard InChI is InChI=1S/C13H8BrF2NO2/c14-11-9(2-1-3-10(11)19-13(15)16)12(18)8-4-6-17-7-5-8/h1-7,13H. The first kappa shape index (κ1) is 13.6. The van der Waals surface area contributed by atoms with Crippen LogP contribution in [0.4, 0.5) is 8.78 Å². The van der Waals surface area contributed by atoms with Crippen molar-refractivity contribution in [2.45, 2.75) is 6.61 Å². The third kappa shape index (κ3) is 3.14. The first-order chi connectivity index (χ1) is 9.09. The van der Waals surface area contributed by atoms with Crippen LogP contribution < -0.4 is 4.74 Å². The normalized spacial score (nSPS) is 10.5. The second-order valence-corrected chi connectivity index (χ2v) is 4.35. The maximum atomic E-state index is 12.2. The first-order valence-corrected chi connectivity index (χ1v) is 6.07. The molecule has 3 nitrogen and oxygen atoms in total. The minimum atomic E-state index is -2.94. The van der Waals surface area contributed by atoms with E-state index >= 15 is 0 Å². The van der Waals surface area contributed by atoms with Gasteiger partial charge in [-0.15, -0.1) is 0 Å². The predicted octanol–water partition coefficient (Wildman–Crippen LogP) is 3.68. The molecule has 0 saturated carbocycles. The molecule has 0 aliphatic carbocycles. The van der Waals surface area contributed by atoms with Gasteiger partial charge in [-0.25, -0.2) is 0 Å². The molecule has 6 heteroatoms. The molecular formula is C13H8BrF2NO2. The number of rotatable bonds is 4. The predicted molar refractivity (Wildman–Crippen MR) is 68.4 cm³/mol. The van der Waals surface area contributed by atoms with Crippen molar-refractivity contribution in [2.75, 3.05) is 0 Å². The van der Waals surface area contributed by atoms with Crippen molar-refractivity contribution in [3.8, 4) is 5.75 Å². The summed E-state index contributed by atoms with van der Waals surface area (Å²) in [4.78, 5) is 16.0. The molecule has 0 spiro atoms. The fourth-order valence-corrected chi connectivity index (χ4v) is 2.07. The van der Waals surface area contributed by atoms with Crippen molar-refractivity contribution >= 4 is 21.7 Å². The number of aromatic nitrogens is 1. The molecule has 19 heavy (non-hydrogen) atoms. The fourth-order valence-electron chi connectivity index (χ4n) is 1.53. The molecule has 98 valence electrons. The Morgan fingerprint density at radius 1 is 1.21 bits per heavy atom. The molecule has 0 unspecified atom stereocenters. The molecule has 2 rings (SSSR count). The lowest BCUT2D eigenvalue weighted by molar-refractivity contribution is -0.0503. The number of pyridine rings is 1. The van der Waals surface area contributed by atoms with E-state index in [0.717, 1.165) is 0 Å². The number of alkyl halides is 2. The van der Waals surface area contributed by atoms with E-state index in [1.807, 2.05) is 0 Å². The maximum Gasteiger partial charge on any atom is 0.387 e. The van der Waals surface area contributed by atoms with Gasteiger partial charge in [0.25, 0.3) is 0 Å². The number of hydrogen-bond donors (Lipinski definition) is 0. The van der Waals surface area contributed by atoms with E-state index in [4.69, 9.17) is 0 Å². The van der Waals surface area contributed by atoms with Crippen LogP contribution in [0.1, 0.15) is 15.9 Å². The van der Waals surface area contributed by atoms with E-state index in [-0.39, 0.29) is 21.6 Å². The molecular weight excluding hydrogens is 320 g/mol. The zero-order valence-corrected chi connectivity index (χ0v) is 11.1. The van der Waals surface area contributed by atoms with Gasteiger partial charge in [0, 0.05) is 23.5 Å². The van der Waals surface area contributed by atoms with Crippen LogP contribution in [0, 0.1) is 0 Å². The van der Waals surface area contributed by atoms with Crippen LogP contribution in [-0.4, -0.2) is 17.4 Å². The second-order valence-electron chi connectivity index (χ2n) is 3.56. The van der Waals surface area contributed by atoms with Crippen LogP contribution >= 0.6 is 15.9 Å². The Morgan fingerprint density at radius 3 is 2.53 bits per heavy atom. The minimum absolute atomic E-state index is 0.0742. The lowest BCUT2D eigenvalue weighted by Gasteiger charge is -2.10. The van der Waals surface area contributed by atoms with Gasteiger partial charge in [-0.1, -0.05) is 6.07 Å². The Labute approximate surface area is 116 Å². The molecule has 0 atom stereocenters. The summed E-state index contributed by atoms with van der Waals surface area (Å²) in [5, 5.41) is 0. The van der Waals surface area contributed by atoms with Gasteiger partial charge in [-0.2, -0.15) is 8.78 Å². The average molecular weight is 328 g/mol. The van der Waals surface area contributed by atoms with Gasteiger partial charge in [-0.3, -0.25) is 9.78 Å². The highest BCUT2D eigenvalue weighted by atomic mass is 79.9. The molecule has 0 bridgehead atoms. The van der Waals surface area contributed by atoms with Crippen LogP contribution in [-0.2, 0) is 0 Å². The minimum Gasteiger partial charge on any atom is -0.434 e. The fraction of sp³-hybridized carbons (Fsp3) is 0.0769. The molecule has 1 heterocycles. The Bertz CT molecular complexity index is 590. The summed E-state index contributed by atoms with van der Waals surface area (Å²) in [6.45, 7) is -2.94. The lowest BCUT2D eigenvalue weighted by Crippen LogP contribution is -2.06. The van der Waals surface area contributed by atoms with E-state index in [0.29, 0.717) is 5.56 Å². The number of ketones is 1. The highest BCUT2D eigenvalue weighted by Gasteiger charge is 2.17. The molecule has 0 N–H and O–H groups in total. The molecule has 0 fully saturated rings. The lowest BCUT2D eigenvalue weighted by atomic mass is 10.0. The number of hydrogen-bond acceptors (Lipinski definition) is 3. The van der Waals surface area contributed by atoms with Crippen molar-refractivity contribution in [3.05, 3.63) is 58.3 Å². The van der Waals surface area contributed by atoms with Crippen molar-refractivity contribution in [2.24, 2.45) is 0 Å². The van der Waals surface area contributed by atoms with Gasteiger partial charge >= 0.3 is 6.61 Å². The topological polar surface area (TPSA) is 39.2 Å². The number of ether oxygens (including phenoxy) is 1. The van der Waals surface area contributed by atoms with Gasteiger partial charge in [0.05, 0.1) is 4.47 Å². The van der Waals surface area contributed by atoms with E-state index in [1.165, 1.54) is 30.6 Å². The summed E-state index contributed by atoms with van der Waals surface area (Å²) >= 11 is 3.11. The highest BCUT2D eigenvalue weighted by molar-refractivity contribution is 9.10. The van der Waals surface area contributed by atoms with Crippen LogP contribution in [0.5, 0.6) is 5.75 Å². The Balaban J connectivity index is 2.38. The zero-order chi connectivity index (χ0) is 13.8. The largest absolute Gasteiger partial charge is 0.434 e. The van der Waals surface area contributed by atoms with Crippen molar-refractivity contribution in [1.82, 2.24) is 4.98 Å². The van der Waals surface area contributed by atoms with Gasteiger partial charge < -0.3 is 4.74 Å². The van der Waals surface area contributed by atoms with E-state index in [2.05, 4.69) is 25.7 Å². The number of benzene rings is 1.